The quantitative estimate of drug-likeness (QED) is 0.725. The van der Waals surface area contributed by atoms with Gasteiger partial charge in [0.15, 0.2) is 0 Å². The van der Waals surface area contributed by atoms with E-state index in [2.05, 4.69) is 4.90 Å². The van der Waals surface area contributed by atoms with E-state index in [0.29, 0.717) is 31.1 Å². The number of sulfonamides is 1. The number of rotatable bonds is 6. The van der Waals surface area contributed by atoms with Gasteiger partial charge in [0.05, 0.1) is 10.9 Å². The molecular formula is C21H35N3O3S. The number of amides is 1. The molecule has 1 fully saturated rings. The normalized spacial score (nSPS) is 17.9. The number of piperazine rings is 1. The molecule has 2 rings (SSSR count). The van der Waals surface area contributed by atoms with Crippen LogP contribution in [-0.2, 0) is 14.8 Å². The van der Waals surface area contributed by atoms with Crippen LogP contribution in [0.25, 0.3) is 0 Å². The van der Waals surface area contributed by atoms with E-state index in [4.69, 9.17) is 0 Å². The summed E-state index contributed by atoms with van der Waals surface area (Å²) in [5.74, 6) is 0.107. The van der Waals surface area contributed by atoms with E-state index in [0.717, 1.165) is 11.1 Å². The van der Waals surface area contributed by atoms with Gasteiger partial charge in [-0.2, -0.15) is 4.31 Å². The van der Waals surface area contributed by atoms with Gasteiger partial charge in [0.1, 0.15) is 0 Å². The second-order valence-electron chi connectivity index (χ2n) is 8.32. The molecule has 1 amide bonds. The molecule has 7 heteroatoms. The van der Waals surface area contributed by atoms with Gasteiger partial charge < -0.3 is 4.90 Å². The number of aryl methyl sites for hydroxylation is 2. The first-order valence-corrected chi connectivity index (χ1v) is 11.5. The van der Waals surface area contributed by atoms with Gasteiger partial charge in [-0.05, 0) is 65.7 Å². The summed E-state index contributed by atoms with van der Waals surface area (Å²) in [4.78, 5) is 17.3. The van der Waals surface area contributed by atoms with Gasteiger partial charge in [-0.1, -0.05) is 12.1 Å². The van der Waals surface area contributed by atoms with Crippen LogP contribution in [0.4, 0.5) is 0 Å². The van der Waals surface area contributed by atoms with Gasteiger partial charge in [0.25, 0.3) is 0 Å². The summed E-state index contributed by atoms with van der Waals surface area (Å²) in [6, 6.07) is 5.55. The zero-order chi connectivity index (χ0) is 21.2. The van der Waals surface area contributed by atoms with Crippen LogP contribution in [0.15, 0.2) is 23.1 Å². The molecule has 1 aliphatic rings. The van der Waals surface area contributed by atoms with Crippen molar-refractivity contribution in [2.45, 2.75) is 71.5 Å². The molecule has 1 aromatic carbocycles. The summed E-state index contributed by atoms with van der Waals surface area (Å²) in [6.07, 6.45) is 0. The first kappa shape index (κ1) is 22.8. The summed E-state index contributed by atoms with van der Waals surface area (Å²) in [6.45, 7) is 15.7. The maximum atomic E-state index is 13.1. The Kier molecular flexibility index (Phi) is 7.28. The van der Waals surface area contributed by atoms with E-state index in [9.17, 15) is 13.2 Å². The lowest BCUT2D eigenvalue weighted by molar-refractivity contribution is -0.140. The summed E-state index contributed by atoms with van der Waals surface area (Å²) < 4.78 is 27.7. The van der Waals surface area contributed by atoms with Gasteiger partial charge in [0, 0.05) is 38.3 Å². The fraction of sp³-hybridized carbons (Fsp3) is 0.667. The fourth-order valence-electron chi connectivity index (χ4n) is 3.93. The molecule has 0 aliphatic carbocycles. The van der Waals surface area contributed by atoms with E-state index in [-0.39, 0.29) is 24.0 Å². The Labute approximate surface area is 170 Å². The molecule has 0 N–H and O–H groups in total. The van der Waals surface area contributed by atoms with Crippen LogP contribution in [0.2, 0.25) is 0 Å². The molecule has 1 heterocycles. The highest BCUT2D eigenvalue weighted by molar-refractivity contribution is 7.89. The minimum absolute atomic E-state index is 0.107. The molecule has 0 aromatic heterocycles. The average Bonchev–Trinajstić information content (AvgIpc) is 2.62. The Hall–Kier alpha value is -1.44. The molecule has 0 spiro atoms. The maximum absolute atomic E-state index is 13.1. The first-order chi connectivity index (χ1) is 13.0. The summed E-state index contributed by atoms with van der Waals surface area (Å²) in [5, 5.41) is 0. The number of benzene rings is 1. The summed E-state index contributed by atoms with van der Waals surface area (Å²) in [7, 11) is -3.52. The minimum Gasteiger partial charge on any atom is -0.336 e. The summed E-state index contributed by atoms with van der Waals surface area (Å²) in [5.41, 5.74) is 1.70. The Morgan fingerprint density at radius 2 is 1.50 bits per heavy atom. The van der Waals surface area contributed by atoms with Crippen molar-refractivity contribution < 1.29 is 13.2 Å². The number of nitrogens with zero attached hydrogens (tertiary/aromatic N) is 3. The van der Waals surface area contributed by atoms with Crippen LogP contribution < -0.4 is 0 Å². The topological polar surface area (TPSA) is 60.9 Å². The lowest BCUT2D eigenvalue weighted by Crippen LogP contribution is -2.57. The van der Waals surface area contributed by atoms with E-state index in [1.807, 2.05) is 65.5 Å². The third kappa shape index (κ3) is 4.75. The standard InChI is InChI=1S/C21H35N3O3S/c1-15(2)24(16(3)4)21(25)19(7)22-10-12-23(13-11-22)28(26,27)20-14-17(5)8-9-18(20)6/h8-9,14-16,19H,10-13H2,1-7H3/t19-/m1/s1. The van der Waals surface area contributed by atoms with Crippen LogP contribution >= 0.6 is 0 Å². The molecule has 0 saturated carbocycles. The van der Waals surface area contributed by atoms with Gasteiger partial charge in [-0.25, -0.2) is 8.42 Å². The molecule has 0 bridgehead atoms. The van der Waals surface area contributed by atoms with E-state index in [1.54, 1.807) is 10.4 Å². The molecule has 158 valence electrons. The molecule has 1 atom stereocenters. The third-order valence-electron chi connectivity index (χ3n) is 5.51. The maximum Gasteiger partial charge on any atom is 0.243 e. The SMILES string of the molecule is Cc1ccc(C)c(S(=O)(=O)N2CCN([C@H](C)C(=O)N(C(C)C)C(C)C)CC2)c1. The monoisotopic (exact) mass is 409 g/mol. The molecule has 0 radical (unpaired) electrons. The Bertz CT molecular complexity index is 789. The van der Waals surface area contributed by atoms with Crippen molar-refractivity contribution in [3.8, 4) is 0 Å². The Morgan fingerprint density at radius 3 is 2.00 bits per heavy atom. The molecule has 6 nitrogen and oxygen atoms in total. The predicted octanol–water partition coefficient (Wildman–Crippen LogP) is 2.64. The van der Waals surface area contributed by atoms with E-state index < -0.39 is 10.0 Å². The second-order valence-corrected chi connectivity index (χ2v) is 10.2. The molecule has 1 saturated heterocycles. The Balaban J connectivity index is 2.09. The molecule has 1 aromatic rings. The van der Waals surface area contributed by atoms with Crippen LogP contribution in [0.5, 0.6) is 0 Å². The van der Waals surface area contributed by atoms with Crippen LogP contribution in [-0.4, -0.2) is 72.7 Å². The zero-order valence-corrected chi connectivity index (χ0v) is 19.1. The van der Waals surface area contributed by atoms with Crippen molar-refractivity contribution in [1.82, 2.24) is 14.1 Å². The van der Waals surface area contributed by atoms with Crippen molar-refractivity contribution in [2.24, 2.45) is 0 Å². The second kappa shape index (κ2) is 8.93. The predicted molar refractivity (Wildman–Crippen MR) is 113 cm³/mol. The number of hydrogen-bond acceptors (Lipinski definition) is 4. The van der Waals surface area contributed by atoms with Crippen molar-refractivity contribution in [3.05, 3.63) is 29.3 Å². The number of hydrogen-bond donors (Lipinski definition) is 0. The average molecular weight is 410 g/mol. The third-order valence-corrected chi connectivity index (χ3v) is 7.55. The zero-order valence-electron chi connectivity index (χ0n) is 18.3. The lowest BCUT2D eigenvalue weighted by atomic mass is 10.1. The lowest BCUT2D eigenvalue weighted by Gasteiger charge is -2.40. The molecule has 0 unspecified atom stereocenters. The highest BCUT2D eigenvalue weighted by atomic mass is 32.2. The first-order valence-electron chi connectivity index (χ1n) is 10.1. The van der Waals surface area contributed by atoms with Crippen molar-refractivity contribution in [1.29, 1.82) is 0 Å². The van der Waals surface area contributed by atoms with Crippen molar-refractivity contribution >= 4 is 15.9 Å². The van der Waals surface area contributed by atoms with E-state index >= 15 is 0 Å². The number of carbonyl (C=O) groups is 1. The van der Waals surface area contributed by atoms with Gasteiger partial charge in [-0.15, -0.1) is 0 Å². The molecule has 1 aliphatic heterocycles. The van der Waals surface area contributed by atoms with E-state index in [1.165, 1.54) is 0 Å². The largest absolute Gasteiger partial charge is 0.336 e. The van der Waals surface area contributed by atoms with Crippen LogP contribution in [0.1, 0.15) is 45.7 Å². The fourth-order valence-corrected chi connectivity index (χ4v) is 5.66. The van der Waals surface area contributed by atoms with Crippen LogP contribution in [0, 0.1) is 13.8 Å². The number of carbonyl (C=O) groups excluding carboxylic acids is 1. The molecular weight excluding hydrogens is 374 g/mol. The Morgan fingerprint density at radius 1 is 0.964 bits per heavy atom. The highest BCUT2D eigenvalue weighted by Crippen LogP contribution is 2.23. The van der Waals surface area contributed by atoms with Gasteiger partial charge in [0.2, 0.25) is 15.9 Å². The smallest absolute Gasteiger partial charge is 0.243 e. The highest BCUT2D eigenvalue weighted by Gasteiger charge is 2.34. The van der Waals surface area contributed by atoms with Gasteiger partial charge in [-0.3, -0.25) is 9.69 Å². The van der Waals surface area contributed by atoms with Crippen molar-refractivity contribution in [3.63, 3.8) is 0 Å². The van der Waals surface area contributed by atoms with Crippen LogP contribution in [0.3, 0.4) is 0 Å². The minimum atomic E-state index is -3.52. The molecule has 28 heavy (non-hydrogen) atoms. The van der Waals surface area contributed by atoms with Crippen molar-refractivity contribution in [2.75, 3.05) is 26.2 Å². The summed E-state index contributed by atoms with van der Waals surface area (Å²) >= 11 is 0. The van der Waals surface area contributed by atoms with Gasteiger partial charge >= 0.3 is 0 Å².